The molecule has 0 aromatic heterocycles. The predicted molar refractivity (Wildman–Crippen MR) is 85.9 cm³/mol. The molecule has 0 heterocycles. The Morgan fingerprint density at radius 2 is 1.76 bits per heavy atom. The zero-order valence-corrected chi connectivity index (χ0v) is 13.8. The lowest BCUT2D eigenvalue weighted by Gasteiger charge is -2.60. The van der Waals surface area contributed by atoms with Gasteiger partial charge in [-0.1, -0.05) is 25.4 Å². The van der Waals surface area contributed by atoms with Crippen LogP contribution in [0.4, 0.5) is 0 Å². The fourth-order valence-electron chi connectivity index (χ4n) is 7.32. The molecule has 21 heavy (non-hydrogen) atoms. The van der Waals surface area contributed by atoms with E-state index >= 15 is 0 Å². The van der Waals surface area contributed by atoms with Gasteiger partial charge in [-0.25, -0.2) is 0 Å². The zero-order chi connectivity index (χ0) is 14.7. The Morgan fingerprint density at radius 1 is 0.905 bits per heavy atom. The summed E-state index contributed by atoms with van der Waals surface area (Å²) >= 11 is 0. The Bertz CT molecular complexity index is 435. The largest absolute Gasteiger partial charge is 0.151 e. The van der Waals surface area contributed by atoms with E-state index in [0.717, 1.165) is 36.5 Å². The van der Waals surface area contributed by atoms with Crippen molar-refractivity contribution in [2.24, 2.45) is 39.7 Å². The maximum Gasteiger partial charge on any atom is 0.0922 e. The van der Waals surface area contributed by atoms with Gasteiger partial charge in [0.15, 0.2) is 0 Å². The summed E-state index contributed by atoms with van der Waals surface area (Å²) in [7, 11) is 0. The highest BCUT2D eigenvalue weighted by atomic mass is 16.3. The molecule has 0 saturated heterocycles. The molecule has 0 aromatic rings. The van der Waals surface area contributed by atoms with Crippen LogP contribution in [0, 0.1) is 39.4 Å². The molecule has 0 spiro atoms. The van der Waals surface area contributed by atoms with Gasteiger partial charge in [0.1, 0.15) is 0 Å². The maximum absolute atomic E-state index is 11.0. The van der Waals surface area contributed by atoms with Gasteiger partial charge in [0.05, 0.1) is 6.04 Å². The molecule has 0 radical (unpaired) electrons. The van der Waals surface area contributed by atoms with Crippen LogP contribution < -0.4 is 0 Å². The van der Waals surface area contributed by atoms with Crippen molar-refractivity contribution in [1.82, 2.24) is 0 Å². The van der Waals surface area contributed by atoms with Gasteiger partial charge in [0, 0.05) is 0 Å². The lowest BCUT2D eigenvalue weighted by Crippen LogP contribution is -2.53. The Kier molecular flexibility index (Phi) is 3.25. The van der Waals surface area contributed by atoms with Crippen LogP contribution in [0.3, 0.4) is 0 Å². The summed E-state index contributed by atoms with van der Waals surface area (Å²) < 4.78 is 0. The average Bonchev–Trinajstić information content (AvgIpc) is 2.88. The van der Waals surface area contributed by atoms with Crippen molar-refractivity contribution >= 4 is 0 Å². The van der Waals surface area contributed by atoms with Gasteiger partial charge in [-0.3, -0.25) is 0 Å². The van der Waals surface area contributed by atoms with Crippen molar-refractivity contribution in [2.45, 2.75) is 84.1 Å². The summed E-state index contributed by atoms with van der Waals surface area (Å²) in [6, 6.07) is 0.125. The first-order valence-corrected chi connectivity index (χ1v) is 9.39. The van der Waals surface area contributed by atoms with Crippen LogP contribution in [0.2, 0.25) is 0 Å². The van der Waals surface area contributed by atoms with E-state index < -0.39 is 0 Å². The molecule has 0 amide bonds. The van der Waals surface area contributed by atoms with Crippen molar-refractivity contribution < 1.29 is 0 Å². The van der Waals surface area contributed by atoms with Crippen molar-refractivity contribution in [1.29, 1.82) is 0 Å². The number of hydrogen-bond acceptors (Lipinski definition) is 2. The highest BCUT2D eigenvalue weighted by Gasteiger charge is 2.57. The van der Waals surface area contributed by atoms with Gasteiger partial charge in [0.25, 0.3) is 0 Å². The normalized spacial score (nSPS) is 56.2. The summed E-state index contributed by atoms with van der Waals surface area (Å²) in [5.74, 6) is 3.73. The predicted octanol–water partition coefficient (Wildman–Crippen LogP) is 5.55. The van der Waals surface area contributed by atoms with Crippen LogP contribution in [0.15, 0.2) is 5.18 Å². The molecule has 4 unspecified atom stereocenters. The van der Waals surface area contributed by atoms with Gasteiger partial charge in [-0.15, -0.1) is 0 Å². The summed E-state index contributed by atoms with van der Waals surface area (Å²) in [5.41, 5.74) is 1.19. The van der Waals surface area contributed by atoms with Crippen molar-refractivity contribution in [3.63, 3.8) is 0 Å². The molecule has 4 rings (SSSR count). The van der Waals surface area contributed by atoms with Gasteiger partial charge in [0.2, 0.25) is 0 Å². The van der Waals surface area contributed by atoms with Crippen molar-refractivity contribution in [3.8, 4) is 0 Å². The minimum Gasteiger partial charge on any atom is -0.151 e. The average molecular weight is 289 g/mol. The zero-order valence-electron chi connectivity index (χ0n) is 13.8. The lowest BCUT2D eigenvalue weighted by molar-refractivity contribution is -0.105. The van der Waals surface area contributed by atoms with E-state index in [1.54, 1.807) is 0 Å². The first kappa shape index (κ1) is 14.2. The highest BCUT2D eigenvalue weighted by molar-refractivity contribution is 5.07. The summed E-state index contributed by atoms with van der Waals surface area (Å²) in [4.78, 5) is 11.0. The van der Waals surface area contributed by atoms with Gasteiger partial charge >= 0.3 is 0 Å². The molecule has 7 atom stereocenters. The van der Waals surface area contributed by atoms with Gasteiger partial charge in [-0.2, -0.15) is 4.91 Å². The fraction of sp³-hybridized carbons (Fsp3) is 1.00. The number of hydrogen-bond donors (Lipinski definition) is 0. The highest BCUT2D eigenvalue weighted by Crippen LogP contribution is 2.66. The number of nitrogens with zero attached hydrogens (tertiary/aromatic N) is 1. The first-order chi connectivity index (χ1) is 10.1. The van der Waals surface area contributed by atoms with Crippen LogP contribution in [-0.4, -0.2) is 6.04 Å². The van der Waals surface area contributed by atoms with Crippen LogP contribution in [-0.2, 0) is 0 Å². The van der Waals surface area contributed by atoms with E-state index in [1.807, 2.05) is 0 Å². The third-order valence-electron chi connectivity index (χ3n) is 8.57. The lowest BCUT2D eigenvalue weighted by atomic mass is 9.45. The van der Waals surface area contributed by atoms with E-state index in [-0.39, 0.29) is 6.04 Å². The van der Waals surface area contributed by atoms with Crippen LogP contribution in [0.1, 0.15) is 78.1 Å². The van der Waals surface area contributed by atoms with E-state index in [1.165, 1.54) is 51.4 Å². The third-order valence-corrected chi connectivity index (χ3v) is 8.57. The van der Waals surface area contributed by atoms with Gasteiger partial charge in [-0.05, 0) is 92.3 Å². The molecule has 4 aliphatic rings. The first-order valence-electron chi connectivity index (χ1n) is 9.39. The Balaban J connectivity index is 1.60. The Morgan fingerprint density at radius 3 is 2.57 bits per heavy atom. The smallest absolute Gasteiger partial charge is 0.0922 e. The molecular formula is C19H31NO. The van der Waals surface area contributed by atoms with E-state index in [4.69, 9.17) is 0 Å². The maximum atomic E-state index is 11.0. The van der Waals surface area contributed by atoms with Crippen molar-refractivity contribution in [3.05, 3.63) is 4.91 Å². The molecule has 2 heteroatoms. The molecule has 4 fully saturated rings. The second kappa shape index (κ2) is 4.80. The Labute approximate surface area is 129 Å². The van der Waals surface area contributed by atoms with Crippen molar-refractivity contribution in [2.75, 3.05) is 0 Å². The van der Waals surface area contributed by atoms with E-state index in [9.17, 15) is 4.91 Å². The minimum atomic E-state index is 0.125. The minimum absolute atomic E-state index is 0.125. The monoisotopic (exact) mass is 289 g/mol. The second-order valence-corrected chi connectivity index (χ2v) is 9.28. The molecule has 4 aliphatic carbocycles. The molecule has 0 aromatic carbocycles. The van der Waals surface area contributed by atoms with Crippen LogP contribution in [0.5, 0.6) is 0 Å². The standard InChI is InChI=1S/C19H31NO/c1-18-9-3-4-16(18)15-6-5-13-12-14(20-21)7-11-19(13,2)17(15)8-10-18/h13-17H,3-12H2,1-2H3/t13?,14-,15?,16?,17?,18-,19-/m0/s1. The van der Waals surface area contributed by atoms with Gasteiger partial charge < -0.3 is 0 Å². The topological polar surface area (TPSA) is 29.4 Å². The molecule has 0 bridgehead atoms. The number of nitroso groups, excluding NO2 is 1. The SMILES string of the molecule is C[C@@]12CCCC1C1CCC3C[C@@H](N=O)CC[C@]3(C)C1CC2. The Hall–Kier alpha value is -0.400. The molecule has 118 valence electrons. The second-order valence-electron chi connectivity index (χ2n) is 9.28. The van der Waals surface area contributed by atoms with E-state index in [0.29, 0.717) is 10.8 Å². The van der Waals surface area contributed by atoms with E-state index in [2.05, 4.69) is 19.0 Å². The fourth-order valence-corrected chi connectivity index (χ4v) is 7.32. The molecule has 4 saturated carbocycles. The summed E-state index contributed by atoms with van der Waals surface area (Å²) in [5, 5.41) is 3.39. The summed E-state index contributed by atoms with van der Waals surface area (Å²) in [6.45, 7) is 5.16. The summed E-state index contributed by atoms with van der Waals surface area (Å²) in [6.07, 6.45) is 13.6. The van der Waals surface area contributed by atoms with Crippen LogP contribution in [0.25, 0.3) is 0 Å². The molecule has 0 aliphatic heterocycles. The number of rotatable bonds is 1. The van der Waals surface area contributed by atoms with Crippen LogP contribution >= 0.6 is 0 Å². The molecule has 2 nitrogen and oxygen atoms in total. The number of fused-ring (bicyclic) bond motifs is 5. The third kappa shape index (κ3) is 1.96. The molecule has 0 N–H and O–H groups in total. The quantitative estimate of drug-likeness (QED) is 0.581. The molecular weight excluding hydrogens is 258 g/mol.